The summed E-state index contributed by atoms with van der Waals surface area (Å²) in [5.41, 5.74) is 3.45. The van der Waals surface area contributed by atoms with Gasteiger partial charge < -0.3 is 14.8 Å². The van der Waals surface area contributed by atoms with Gasteiger partial charge in [0.05, 0.1) is 14.2 Å². The number of fused-ring (bicyclic) bond motifs is 1. The number of ketones is 1. The van der Waals surface area contributed by atoms with E-state index >= 15 is 0 Å². The minimum absolute atomic E-state index is 0.0786. The fourth-order valence-electron chi connectivity index (χ4n) is 3.02. The van der Waals surface area contributed by atoms with E-state index in [9.17, 15) is 4.79 Å². The van der Waals surface area contributed by atoms with E-state index in [0.29, 0.717) is 27.1 Å². The van der Waals surface area contributed by atoms with Gasteiger partial charge >= 0.3 is 0 Å². The number of methoxy groups -OCH3 is 2. The molecular weight excluding hydrogens is 373 g/mol. The summed E-state index contributed by atoms with van der Waals surface area (Å²) in [5, 5.41) is 4.27. The molecule has 0 fully saturated rings. The highest BCUT2D eigenvalue weighted by Crippen LogP contribution is 2.35. The summed E-state index contributed by atoms with van der Waals surface area (Å²) in [7, 11) is 3.20. The molecule has 1 aliphatic rings. The van der Waals surface area contributed by atoms with Crippen LogP contribution in [0.4, 0.5) is 0 Å². The molecule has 0 aliphatic carbocycles. The maximum atomic E-state index is 12.6. The zero-order chi connectivity index (χ0) is 18.7. The van der Waals surface area contributed by atoms with Crippen molar-refractivity contribution in [3.63, 3.8) is 0 Å². The minimum atomic E-state index is -0.0786. The molecule has 1 aliphatic heterocycles. The number of allylic oxidation sites excluding steroid dienone is 1. The lowest BCUT2D eigenvalue weighted by molar-refractivity contribution is -0.114. The van der Waals surface area contributed by atoms with Crippen LogP contribution in [0.25, 0.3) is 5.70 Å². The molecule has 136 valence electrons. The van der Waals surface area contributed by atoms with Gasteiger partial charge in [-0.2, -0.15) is 0 Å². The Hall–Kier alpha value is -2.17. The lowest BCUT2D eigenvalue weighted by atomic mass is 9.95. The number of carbonyl (C=O) groups excluding carboxylic acids is 1. The van der Waals surface area contributed by atoms with Crippen molar-refractivity contribution in [2.75, 3.05) is 20.8 Å². The largest absolute Gasteiger partial charge is 0.493 e. The fourth-order valence-corrected chi connectivity index (χ4v) is 3.55. The monoisotopic (exact) mass is 391 g/mol. The second kappa shape index (κ2) is 8.02. The molecule has 0 spiro atoms. The van der Waals surface area contributed by atoms with Crippen molar-refractivity contribution in [1.29, 1.82) is 0 Å². The standard InChI is InChI=1S/C20H19Cl2NO3/c1-25-19-8-12-6-7-23-18(14(12)11-20(19)26-2)10-13(24)9-15-16(21)4-3-5-17(15)22/h3-5,8,10-11,23H,6-7,9H2,1-2H3. The third-order valence-corrected chi connectivity index (χ3v) is 5.04. The van der Waals surface area contributed by atoms with Crippen LogP contribution in [-0.2, 0) is 17.6 Å². The third kappa shape index (κ3) is 3.81. The van der Waals surface area contributed by atoms with Gasteiger partial charge in [-0.3, -0.25) is 4.79 Å². The molecular formula is C20H19Cl2NO3. The Bertz CT molecular complexity index is 857. The Kier molecular flexibility index (Phi) is 5.74. The smallest absolute Gasteiger partial charge is 0.162 e. The molecule has 0 saturated heterocycles. The lowest BCUT2D eigenvalue weighted by Crippen LogP contribution is -2.23. The number of rotatable bonds is 5. The molecule has 0 unspecified atom stereocenters. The Labute approximate surface area is 162 Å². The van der Waals surface area contributed by atoms with Gasteiger partial charge in [0, 0.05) is 40.3 Å². The van der Waals surface area contributed by atoms with Crippen molar-refractivity contribution in [2.45, 2.75) is 12.8 Å². The predicted molar refractivity (Wildman–Crippen MR) is 104 cm³/mol. The number of carbonyl (C=O) groups is 1. The third-order valence-electron chi connectivity index (χ3n) is 4.33. The van der Waals surface area contributed by atoms with Crippen molar-refractivity contribution in [3.05, 3.63) is 63.1 Å². The highest BCUT2D eigenvalue weighted by molar-refractivity contribution is 6.36. The topological polar surface area (TPSA) is 47.6 Å². The van der Waals surface area contributed by atoms with Crippen molar-refractivity contribution in [3.8, 4) is 11.5 Å². The van der Waals surface area contributed by atoms with Crippen LogP contribution in [0.15, 0.2) is 36.4 Å². The first-order chi connectivity index (χ1) is 12.5. The van der Waals surface area contributed by atoms with Gasteiger partial charge in [-0.05, 0) is 41.8 Å². The van der Waals surface area contributed by atoms with Gasteiger partial charge in [0.1, 0.15) is 0 Å². The summed E-state index contributed by atoms with van der Waals surface area (Å²) >= 11 is 12.3. The van der Waals surface area contributed by atoms with Crippen molar-refractivity contribution < 1.29 is 14.3 Å². The van der Waals surface area contributed by atoms with E-state index < -0.39 is 0 Å². The van der Waals surface area contributed by atoms with Crippen LogP contribution in [0.2, 0.25) is 10.0 Å². The van der Waals surface area contributed by atoms with E-state index in [1.807, 2.05) is 12.1 Å². The molecule has 0 bridgehead atoms. The Morgan fingerprint density at radius 1 is 1.15 bits per heavy atom. The Morgan fingerprint density at radius 2 is 1.81 bits per heavy atom. The maximum Gasteiger partial charge on any atom is 0.162 e. The summed E-state index contributed by atoms with van der Waals surface area (Å²) in [4.78, 5) is 12.6. The summed E-state index contributed by atoms with van der Waals surface area (Å²) in [6.45, 7) is 0.744. The average molecular weight is 392 g/mol. The molecule has 26 heavy (non-hydrogen) atoms. The number of nitrogens with one attached hydrogen (secondary N) is 1. The number of hydrogen-bond acceptors (Lipinski definition) is 4. The molecule has 0 amide bonds. The minimum Gasteiger partial charge on any atom is -0.493 e. The molecule has 1 N–H and O–H groups in total. The molecule has 1 heterocycles. The van der Waals surface area contributed by atoms with Crippen molar-refractivity contribution >= 4 is 34.7 Å². The van der Waals surface area contributed by atoms with E-state index in [4.69, 9.17) is 32.7 Å². The van der Waals surface area contributed by atoms with Gasteiger partial charge in [0.25, 0.3) is 0 Å². The van der Waals surface area contributed by atoms with E-state index in [1.54, 1.807) is 38.5 Å². The van der Waals surface area contributed by atoms with Crippen LogP contribution in [0, 0.1) is 0 Å². The number of halogens is 2. The van der Waals surface area contributed by atoms with Gasteiger partial charge in [-0.1, -0.05) is 29.3 Å². The molecule has 0 atom stereocenters. The molecule has 6 heteroatoms. The number of ether oxygens (including phenoxy) is 2. The van der Waals surface area contributed by atoms with E-state index in [0.717, 1.165) is 29.8 Å². The molecule has 2 aromatic rings. The lowest BCUT2D eigenvalue weighted by Gasteiger charge is -2.23. The van der Waals surface area contributed by atoms with Crippen molar-refractivity contribution in [1.82, 2.24) is 5.32 Å². The molecule has 0 radical (unpaired) electrons. The maximum absolute atomic E-state index is 12.6. The van der Waals surface area contributed by atoms with Crippen LogP contribution in [-0.4, -0.2) is 26.5 Å². The van der Waals surface area contributed by atoms with E-state index in [2.05, 4.69) is 5.32 Å². The molecule has 2 aromatic carbocycles. The highest BCUT2D eigenvalue weighted by Gasteiger charge is 2.19. The summed E-state index contributed by atoms with van der Waals surface area (Å²) < 4.78 is 10.7. The molecule has 4 nitrogen and oxygen atoms in total. The first kappa shape index (κ1) is 18.6. The quantitative estimate of drug-likeness (QED) is 0.771. The summed E-state index contributed by atoms with van der Waals surface area (Å²) in [5.74, 6) is 1.23. The zero-order valence-corrected chi connectivity index (χ0v) is 16.1. The van der Waals surface area contributed by atoms with Gasteiger partial charge in [-0.25, -0.2) is 0 Å². The zero-order valence-electron chi connectivity index (χ0n) is 14.6. The van der Waals surface area contributed by atoms with Crippen LogP contribution in [0.1, 0.15) is 16.7 Å². The second-order valence-electron chi connectivity index (χ2n) is 5.94. The number of hydrogen-bond donors (Lipinski definition) is 1. The second-order valence-corrected chi connectivity index (χ2v) is 6.76. The van der Waals surface area contributed by atoms with Crippen molar-refractivity contribution in [2.24, 2.45) is 0 Å². The van der Waals surface area contributed by atoms with Crippen LogP contribution >= 0.6 is 23.2 Å². The van der Waals surface area contributed by atoms with Gasteiger partial charge in [0.15, 0.2) is 17.3 Å². The molecule has 0 saturated carbocycles. The van der Waals surface area contributed by atoms with Gasteiger partial charge in [-0.15, -0.1) is 0 Å². The van der Waals surface area contributed by atoms with Crippen LogP contribution < -0.4 is 14.8 Å². The highest BCUT2D eigenvalue weighted by atomic mass is 35.5. The van der Waals surface area contributed by atoms with Crippen LogP contribution in [0.5, 0.6) is 11.5 Å². The van der Waals surface area contributed by atoms with E-state index in [1.165, 1.54) is 0 Å². The Morgan fingerprint density at radius 3 is 2.46 bits per heavy atom. The molecule has 0 aromatic heterocycles. The normalized spacial score (nSPS) is 14.5. The summed E-state index contributed by atoms with van der Waals surface area (Å²) in [6.07, 6.45) is 2.59. The van der Waals surface area contributed by atoms with E-state index in [-0.39, 0.29) is 12.2 Å². The SMILES string of the molecule is COc1cc2c(cc1OC)C(=CC(=O)Cc1c(Cl)cccc1Cl)NCC2. The summed E-state index contributed by atoms with van der Waals surface area (Å²) in [6, 6.07) is 9.07. The predicted octanol–water partition coefficient (Wildman–Crippen LogP) is 4.31. The van der Waals surface area contributed by atoms with Gasteiger partial charge in [0.2, 0.25) is 0 Å². The Balaban J connectivity index is 1.92. The fraction of sp³-hybridized carbons (Fsp3) is 0.250. The first-order valence-corrected chi connectivity index (χ1v) is 8.95. The first-order valence-electron chi connectivity index (χ1n) is 8.20. The number of benzene rings is 2. The van der Waals surface area contributed by atoms with Crippen LogP contribution in [0.3, 0.4) is 0 Å². The molecule has 3 rings (SSSR count). The average Bonchev–Trinajstić information content (AvgIpc) is 2.64.